The number of thiazole rings is 1. The van der Waals surface area contributed by atoms with E-state index in [1.165, 1.54) is 5.38 Å². The van der Waals surface area contributed by atoms with E-state index in [-0.39, 0.29) is 23.1 Å². The van der Waals surface area contributed by atoms with Crippen molar-refractivity contribution in [3.05, 3.63) is 11.1 Å². The maximum atomic E-state index is 11.7. The number of hydrogen-bond acceptors (Lipinski definition) is 8. The molecule has 102 valence electrons. The average Bonchev–Trinajstić information content (AvgIpc) is 2.77. The Morgan fingerprint density at radius 1 is 1.58 bits per heavy atom. The highest BCUT2D eigenvalue weighted by atomic mass is 32.1. The molecule has 0 aliphatic rings. The lowest BCUT2D eigenvalue weighted by Gasteiger charge is -2.03. The number of carbonyl (C=O) groups excluding carboxylic acids is 3. The summed E-state index contributed by atoms with van der Waals surface area (Å²) in [6.45, 7) is -0.669. The minimum Gasteiger partial charge on any atom is -0.385 e. The maximum Gasteiger partial charge on any atom is 0.275 e. The quantitative estimate of drug-likeness (QED) is 0.307. The molecule has 10 heteroatoms. The third-order valence-corrected chi connectivity index (χ3v) is 2.36. The molecule has 0 saturated heterocycles. The van der Waals surface area contributed by atoms with E-state index in [0.29, 0.717) is 6.29 Å². The third kappa shape index (κ3) is 4.71. The Labute approximate surface area is 111 Å². The molecule has 0 atom stereocenters. The Morgan fingerprint density at radius 3 is 2.84 bits per heavy atom. The van der Waals surface area contributed by atoms with Crippen molar-refractivity contribution in [2.45, 2.75) is 0 Å². The highest BCUT2D eigenvalue weighted by Gasteiger charge is 2.18. The van der Waals surface area contributed by atoms with Crippen molar-refractivity contribution in [2.75, 3.05) is 18.9 Å². The number of nitrogens with one attached hydrogen (secondary N) is 1. The van der Waals surface area contributed by atoms with E-state index >= 15 is 0 Å². The Hall–Kier alpha value is -2.49. The molecule has 1 aromatic rings. The number of hydrogen-bond donors (Lipinski definition) is 3. The first-order valence-corrected chi connectivity index (χ1v) is 5.84. The molecule has 0 saturated carbocycles. The Bertz CT molecular complexity index is 512. The largest absolute Gasteiger partial charge is 0.385 e. The first kappa shape index (κ1) is 14.6. The highest BCUT2D eigenvalue weighted by molar-refractivity contribution is 7.13. The van der Waals surface area contributed by atoms with Crippen LogP contribution in [0.5, 0.6) is 0 Å². The van der Waals surface area contributed by atoms with E-state index in [2.05, 4.69) is 20.3 Å². The van der Waals surface area contributed by atoms with Gasteiger partial charge in [-0.3, -0.25) is 9.59 Å². The summed E-state index contributed by atoms with van der Waals surface area (Å²) in [6, 6.07) is 0. The Balaban J connectivity index is 2.87. The highest BCUT2D eigenvalue weighted by Crippen LogP contribution is 2.12. The van der Waals surface area contributed by atoms with Crippen LogP contribution in [0.25, 0.3) is 0 Å². The van der Waals surface area contributed by atoms with E-state index < -0.39 is 18.4 Å². The maximum absolute atomic E-state index is 11.7. The van der Waals surface area contributed by atoms with Crippen LogP contribution in [0.3, 0.4) is 0 Å². The normalized spacial score (nSPS) is 10.8. The van der Waals surface area contributed by atoms with E-state index in [0.717, 1.165) is 11.3 Å². The Morgan fingerprint density at radius 2 is 2.32 bits per heavy atom. The summed E-state index contributed by atoms with van der Waals surface area (Å²) in [6.07, 6.45) is 0.509. The summed E-state index contributed by atoms with van der Waals surface area (Å²) in [5, 5.41) is 7.47. The fourth-order valence-electron chi connectivity index (χ4n) is 0.979. The number of primary amides is 1. The number of amides is 2. The molecule has 19 heavy (non-hydrogen) atoms. The van der Waals surface area contributed by atoms with Crippen molar-refractivity contribution in [2.24, 2.45) is 10.9 Å². The molecule has 0 radical (unpaired) electrons. The first-order chi connectivity index (χ1) is 9.04. The third-order valence-electron chi connectivity index (χ3n) is 1.69. The standard InChI is InChI=1S/C9H11N5O4S/c10-6(16)3-18-14-7(8(17)12-1-2-15)5-4-19-9(11)13-5/h2,4H,1,3H2,(H2,10,16)(H2,11,13)(H,12,17)/b14-7-. The van der Waals surface area contributed by atoms with Crippen molar-refractivity contribution in [3.63, 3.8) is 0 Å². The molecule has 9 nitrogen and oxygen atoms in total. The van der Waals surface area contributed by atoms with Crippen LogP contribution < -0.4 is 16.8 Å². The van der Waals surface area contributed by atoms with Gasteiger partial charge in [0.2, 0.25) is 0 Å². The van der Waals surface area contributed by atoms with Crippen LogP contribution in [0.4, 0.5) is 5.13 Å². The van der Waals surface area contributed by atoms with Gasteiger partial charge in [0.05, 0.1) is 6.54 Å². The van der Waals surface area contributed by atoms with Crippen molar-refractivity contribution in [3.8, 4) is 0 Å². The molecule has 0 aliphatic heterocycles. The molecule has 5 N–H and O–H groups in total. The lowest BCUT2D eigenvalue weighted by Crippen LogP contribution is -2.33. The van der Waals surface area contributed by atoms with Gasteiger partial charge in [-0.1, -0.05) is 5.16 Å². The van der Waals surface area contributed by atoms with Crippen LogP contribution in [0, 0.1) is 0 Å². The smallest absolute Gasteiger partial charge is 0.275 e. The summed E-state index contributed by atoms with van der Waals surface area (Å²) in [5.74, 6) is -1.42. The molecule has 0 aliphatic carbocycles. The number of nitrogen functional groups attached to an aromatic ring is 1. The molecule has 0 spiro atoms. The molecule has 0 bridgehead atoms. The molecule has 0 fully saturated rings. The van der Waals surface area contributed by atoms with Gasteiger partial charge in [0.25, 0.3) is 11.8 Å². The van der Waals surface area contributed by atoms with Gasteiger partial charge >= 0.3 is 0 Å². The molecule has 0 unspecified atom stereocenters. The SMILES string of the molecule is NC(=O)CO/N=C(\C(=O)NCC=O)c1csc(N)n1. The van der Waals surface area contributed by atoms with Gasteiger partial charge in [0, 0.05) is 5.38 Å². The summed E-state index contributed by atoms with van der Waals surface area (Å²) in [5.41, 5.74) is 10.3. The van der Waals surface area contributed by atoms with Gasteiger partial charge < -0.3 is 26.4 Å². The number of aldehydes is 1. The van der Waals surface area contributed by atoms with Crippen LogP contribution in [-0.2, 0) is 19.2 Å². The summed E-state index contributed by atoms with van der Waals surface area (Å²) in [4.78, 5) is 40.9. The molecule has 1 heterocycles. The number of nitrogens with zero attached hydrogens (tertiary/aromatic N) is 2. The second-order valence-corrected chi connectivity index (χ2v) is 4.02. The van der Waals surface area contributed by atoms with Crippen molar-refractivity contribution >= 4 is 40.3 Å². The fraction of sp³-hybridized carbons (Fsp3) is 0.222. The van der Waals surface area contributed by atoms with Crippen LogP contribution in [-0.4, -0.2) is 41.9 Å². The fourth-order valence-corrected chi connectivity index (χ4v) is 1.53. The van der Waals surface area contributed by atoms with Crippen molar-refractivity contribution in [1.82, 2.24) is 10.3 Å². The topological polar surface area (TPSA) is 150 Å². The monoisotopic (exact) mass is 285 g/mol. The predicted octanol–water partition coefficient (Wildman–Crippen LogP) is -1.75. The molecule has 1 aromatic heterocycles. The van der Waals surface area contributed by atoms with Gasteiger partial charge in [-0.05, 0) is 0 Å². The minimum atomic E-state index is -0.741. The zero-order chi connectivity index (χ0) is 14.3. The molecular formula is C9H11N5O4S. The van der Waals surface area contributed by atoms with E-state index in [9.17, 15) is 14.4 Å². The first-order valence-electron chi connectivity index (χ1n) is 4.96. The second kappa shape index (κ2) is 7.06. The lowest BCUT2D eigenvalue weighted by molar-refractivity contribution is -0.122. The van der Waals surface area contributed by atoms with Crippen LogP contribution >= 0.6 is 11.3 Å². The van der Waals surface area contributed by atoms with Gasteiger partial charge in [-0.25, -0.2) is 4.98 Å². The van der Waals surface area contributed by atoms with Crippen molar-refractivity contribution in [1.29, 1.82) is 0 Å². The van der Waals surface area contributed by atoms with E-state index in [1.54, 1.807) is 0 Å². The number of aromatic nitrogens is 1. The number of anilines is 1. The van der Waals surface area contributed by atoms with Gasteiger partial charge in [-0.15, -0.1) is 11.3 Å². The molecule has 0 aromatic carbocycles. The second-order valence-electron chi connectivity index (χ2n) is 3.13. The zero-order valence-corrected chi connectivity index (χ0v) is 10.5. The average molecular weight is 285 g/mol. The summed E-state index contributed by atoms with van der Waals surface area (Å²) < 4.78 is 0. The number of carbonyl (C=O) groups is 3. The van der Waals surface area contributed by atoms with Gasteiger partial charge in [0.1, 0.15) is 12.0 Å². The number of rotatable bonds is 7. The molecule has 1 rings (SSSR count). The van der Waals surface area contributed by atoms with Gasteiger partial charge in [0.15, 0.2) is 17.5 Å². The predicted molar refractivity (Wildman–Crippen MR) is 67.3 cm³/mol. The van der Waals surface area contributed by atoms with E-state index in [1.807, 2.05) is 0 Å². The van der Waals surface area contributed by atoms with Crippen molar-refractivity contribution < 1.29 is 19.2 Å². The summed E-state index contributed by atoms with van der Waals surface area (Å²) >= 11 is 1.10. The summed E-state index contributed by atoms with van der Waals surface area (Å²) in [7, 11) is 0. The number of nitrogens with two attached hydrogens (primary N) is 2. The molecular weight excluding hydrogens is 274 g/mol. The Kier molecular flexibility index (Phi) is 5.41. The number of oxime groups is 1. The zero-order valence-electron chi connectivity index (χ0n) is 9.66. The molecule has 2 amide bonds. The van der Waals surface area contributed by atoms with Crippen LogP contribution in [0.1, 0.15) is 5.69 Å². The van der Waals surface area contributed by atoms with Crippen LogP contribution in [0.2, 0.25) is 0 Å². The van der Waals surface area contributed by atoms with Crippen LogP contribution in [0.15, 0.2) is 10.5 Å². The van der Waals surface area contributed by atoms with E-state index in [4.69, 9.17) is 11.5 Å². The van der Waals surface area contributed by atoms with Gasteiger partial charge in [-0.2, -0.15) is 0 Å². The minimum absolute atomic E-state index is 0.176. The lowest BCUT2D eigenvalue weighted by atomic mass is 10.3.